The van der Waals surface area contributed by atoms with Crippen LogP contribution in [0.5, 0.6) is 5.75 Å². The van der Waals surface area contributed by atoms with Crippen molar-refractivity contribution in [2.24, 2.45) is 11.8 Å². The van der Waals surface area contributed by atoms with Crippen molar-refractivity contribution in [3.05, 3.63) is 24.3 Å². The number of nitrogens with one attached hydrogen (secondary N) is 1. The number of hydrogen-bond acceptors (Lipinski definition) is 3. The lowest BCUT2D eigenvalue weighted by molar-refractivity contribution is -0.136. The number of amides is 2. The van der Waals surface area contributed by atoms with Crippen LogP contribution >= 0.6 is 0 Å². The third kappa shape index (κ3) is 5.48. The topological polar surface area (TPSA) is 58.6 Å². The molecule has 0 radical (unpaired) electrons. The Hall–Kier alpha value is -2.04. The SMILES string of the molecule is CCCCN(C)C(=O)C1CCC(C(=O)Nc2ccc(OC)cc2)CC1. The molecule has 1 fully saturated rings. The summed E-state index contributed by atoms with van der Waals surface area (Å²) in [4.78, 5) is 26.7. The van der Waals surface area contributed by atoms with Crippen LogP contribution in [0.25, 0.3) is 0 Å². The van der Waals surface area contributed by atoms with Gasteiger partial charge in [0.25, 0.3) is 0 Å². The van der Waals surface area contributed by atoms with E-state index in [1.165, 1.54) is 0 Å². The molecule has 0 heterocycles. The number of unbranched alkanes of at least 4 members (excludes halogenated alkanes) is 1. The molecular weight excluding hydrogens is 316 g/mol. The van der Waals surface area contributed by atoms with E-state index >= 15 is 0 Å². The van der Waals surface area contributed by atoms with Gasteiger partial charge in [-0.1, -0.05) is 13.3 Å². The maximum Gasteiger partial charge on any atom is 0.227 e. The Balaban J connectivity index is 1.80. The Morgan fingerprint density at radius 2 is 1.72 bits per heavy atom. The smallest absolute Gasteiger partial charge is 0.227 e. The second-order valence-electron chi connectivity index (χ2n) is 6.88. The molecule has 0 unspecified atom stereocenters. The van der Waals surface area contributed by atoms with Gasteiger partial charge >= 0.3 is 0 Å². The van der Waals surface area contributed by atoms with E-state index in [1.54, 1.807) is 7.11 Å². The second kappa shape index (κ2) is 9.44. The zero-order valence-electron chi connectivity index (χ0n) is 15.6. The molecule has 1 saturated carbocycles. The van der Waals surface area contributed by atoms with Gasteiger partial charge in [-0.25, -0.2) is 0 Å². The predicted molar refractivity (Wildman–Crippen MR) is 99.6 cm³/mol. The largest absolute Gasteiger partial charge is 0.497 e. The average molecular weight is 346 g/mol. The van der Waals surface area contributed by atoms with E-state index in [0.717, 1.165) is 56.5 Å². The molecular formula is C20H30N2O3. The average Bonchev–Trinajstić information content (AvgIpc) is 2.66. The molecule has 2 amide bonds. The van der Waals surface area contributed by atoms with E-state index in [0.29, 0.717) is 0 Å². The molecule has 0 saturated heterocycles. The van der Waals surface area contributed by atoms with E-state index in [9.17, 15) is 9.59 Å². The first-order valence-corrected chi connectivity index (χ1v) is 9.25. The van der Waals surface area contributed by atoms with Crippen LogP contribution < -0.4 is 10.1 Å². The van der Waals surface area contributed by atoms with Crippen molar-refractivity contribution in [3.8, 4) is 5.75 Å². The summed E-state index contributed by atoms with van der Waals surface area (Å²) in [6.07, 6.45) is 5.30. The van der Waals surface area contributed by atoms with Crippen LogP contribution in [0.1, 0.15) is 45.4 Å². The first-order valence-electron chi connectivity index (χ1n) is 9.25. The molecule has 1 aromatic carbocycles. The minimum absolute atomic E-state index is 0.00732. The summed E-state index contributed by atoms with van der Waals surface area (Å²) in [6.45, 7) is 2.96. The fourth-order valence-corrected chi connectivity index (χ4v) is 3.34. The van der Waals surface area contributed by atoms with Gasteiger partial charge in [0, 0.05) is 31.1 Å². The van der Waals surface area contributed by atoms with Crippen molar-refractivity contribution in [1.82, 2.24) is 4.90 Å². The third-order valence-corrected chi connectivity index (χ3v) is 5.03. The highest BCUT2D eigenvalue weighted by molar-refractivity contribution is 5.92. The van der Waals surface area contributed by atoms with Crippen LogP contribution in [0.3, 0.4) is 0 Å². The Labute approximate surface area is 150 Å². The van der Waals surface area contributed by atoms with Gasteiger partial charge in [-0.2, -0.15) is 0 Å². The van der Waals surface area contributed by atoms with Crippen LogP contribution in [-0.2, 0) is 9.59 Å². The highest BCUT2D eigenvalue weighted by Gasteiger charge is 2.31. The summed E-state index contributed by atoms with van der Waals surface area (Å²) < 4.78 is 5.12. The minimum atomic E-state index is -0.00732. The van der Waals surface area contributed by atoms with Gasteiger partial charge in [0.1, 0.15) is 5.75 Å². The Morgan fingerprint density at radius 1 is 1.12 bits per heavy atom. The van der Waals surface area contributed by atoms with Gasteiger partial charge in [0.15, 0.2) is 0 Å². The Bertz CT molecular complexity index is 563. The molecule has 0 atom stereocenters. The Kier molecular flexibility index (Phi) is 7.29. The number of carbonyl (C=O) groups excluding carboxylic acids is 2. The first-order chi connectivity index (χ1) is 12.0. The van der Waals surface area contributed by atoms with Gasteiger partial charge in [-0.15, -0.1) is 0 Å². The van der Waals surface area contributed by atoms with Crippen LogP contribution in [0.15, 0.2) is 24.3 Å². The van der Waals surface area contributed by atoms with Gasteiger partial charge in [0.05, 0.1) is 7.11 Å². The predicted octanol–water partition coefficient (Wildman–Crippen LogP) is 3.70. The third-order valence-electron chi connectivity index (χ3n) is 5.03. The number of carbonyl (C=O) groups is 2. The number of methoxy groups -OCH3 is 1. The zero-order valence-corrected chi connectivity index (χ0v) is 15.6. The van der Waals surface area contributed by atoms with Crippen molar-refractivity contribution in [3.63, 3.8) is 0 Å². The quantitative estimate of drug-likeness (QED) is 0.819. The molecule has 5 heteroatoms. The fraction of sp³-hybridized carbons (Fsp3) is 0.600. The van der Waals surface area contributed by atoms with E-state index in [2.05, 4.69) is 12.2 Å². The lowest BCUT2D eigenvalue weighted by Crippen LogP contribution is -2.37. The summed E-state index contributed by atoms with van der Waals surface area (Å²) in [5, 5.41) is 2.97. The molecule has 1 aliphatic carbocycles. The lowest BCUT2D eigenvalue weighted by atomic mass is 9.81. The molecule has 1 aromatic rings. The molecule has 1 aliphatic rings. The summed E-state index contributed by atoms with van der Waals surface area (Å²) >= 11 is 0. The lowest BCUT2D eigenvalue weighted by Gasteiger charge is -2.30. The highest BCUT2D eigenvalue weighted by Crippen LogP contribution is 2.31. The number of benzene rings is 1. The van der Waals surface area contributed by atoms with E-state index in [4.69, 9.17) is 4.74 Å². The van der Waals surface area contributed by atoms with Crippen molar-refractivity contribution >= 4 is 17.5 Å². The van der Waals surface area contributed by atoms with Gasteiger partial charge < -0.3 is 15.0 Å². The first kappa shape index (κ1) is 19.3. The van der Waals surface area contributed by atoms with E-state index in [1.807, 2.05) is 36.2 Å². The molecule has 0 spiro atoms. The van der Waals surface area contributed by atoms with Crippen molar-refractivity contribution in [1.29, 1.82) is 0 Å². The van der Waals surface area contributed by atoms with E-state index in [-0.39, 0.29) is 23.7 Å². The molecule has 0 aromatic heterocycles. The van der Waals surface area contributed by atoms with E-state index < -0.39 is 0 Å². The van der Waals surface area contributed by atoms with Crippen LogP contribution in [0.2, 0.25) is 0 Å². The number of anilines is 1. The number of ether oxygens (including phenoxy) is 1. The minimum Gasteiger partial charge on any atom is -0.497 e. The summed E-state index contributed by atoms with van der Waals surface area (Å²) in [7, 11) is 3.51. The Morgan fingerprint density at radius 3 is 2.28 bits per heavy atom. The summed E-state index contributed by atoms with van der Waals surface area (Å²) in [5.41, 5.74) is 0.781. The van der Waals surface area contributed by atoms with Gasteiger partial charge in [-0.05, 0) is 56.4 Å². The maximum absolute atomic E-state index is 12.4. The summed E-state index contributed by atoms with van der Waals surface area (Å²) in [6, 6.07) is 7.35. The van der Waals surface area contributed by atoms with Crippen LogP contribution in [0.4, 0.5) is 5.69 Å². The van der Waals surface area contributed by atoms with Crippen molar-refractivity contribution < 1.29 is 14.3 Å². The molecule has 1 N–H and O–H groups in total. The number of nitrogens with zero attached hydrogens (tertiary/aromatic N) is 1. The normalized spacial score (nSPS) is 20.0. The standard InChI is InChI=1S/C20H30N2O3/c1-4-5-14-22(2)20(24)16-8-6-15(7-9-16)19(23)21-17-10-12-18(25-3)13-11-17/h10-13,15-16H,4-9,14H2,1-3H3,(H,21,23). The van der Waals surface area contributed by atoms with Crippen molar-refractivity contribution in [2.75, 3.05) is 26.0 Å². The monoisotopic (exact) mass is 346 g/mol. The molecule has 2 rings (SSSR count). The number of rotatable bonds is 7. The summed E-state index contributed by atoms with van der Waals surface area (Å²) in [5.74, 6) is 1.13. The van der Waals surface area contributed by atoms with Gasteiger partial charge in [0.2, 0.25) is 11.8 Å². The zero-order chi connectivity index (χ0) is 18.2. The molecule has 25 heavy (non-hydrogen) atoms. The fourth-order valence-electron chi connectivity index (χ4n) is 3.34. The van der Waals surface area contributed by atoms with Gasteiger partial charge in [-0.3, -0.25) is 9.59 Å². The van der Waals surface area contributed by atoms with Crippen molar-refractivity contribution in [2.45, 2.75) is 45.4 Å². The second-order valence-corrected chi connectivity index (χ2v) is 6.88. The molecule has 5 nitrogen and oxygen atoms in total. The van der Waals surface area contributed by atoms with Crippen LogP contribution in [0, 0.1) is 11.8 Å². The van der Waals surface area contributed by atoms with Crippen LogP contribution in [-0.4, -0.2) is 37.4 Å². The number of hydrogen-bond donors (Lipinski definition) is 1. The molecule has 0 bridgehead atoms. The highest BCUT2D eigenvalue weighted by atomic mass is 16.5. The molecule has 0 aliphatic heterocycles. The molecule has 138 valence electrons. The maximum atomic E-state index is 12.4.